The predicted molar refractivity (Wildman–Crippen MR) is 135 cm³/mol. The zero-order chi connectivity index (χ0) is 26.2. The molecule has 0 spiro atoms. The highest BCUT2D eigenvalue weighted by molar-refractivity contribution is 6.11. The average Bonchev–Trinajstić information content (AvgIpc) is 3.50. The Kier molecular flexibility index (Phi) is 6.25. The molecule has 0 fully saturated rings. The molecule has 1 atom stereocenters. The van der Waals surface area contributed by atoms with Crippen LogP contribution in [0.2, 0.25) is 0 Å². The van der Waals surface area contributed by atoms with Crippen molar-refractivity contribution in [2.24, 2.45) is 0 Å². The molecule has 3 aromatic carbocycles. The van der Waals surface area contributed by atoms with Gasteiger partial charge in [0.05, 0.1) is 27.9 Å². The molecule has 8 heteroatoms. The van der Waals surface area contributed by atoms with Gasteiger partial charge in [-0.05, 0) is 59.2 Å². The molecule has 37 heavy (non-hydrogen) atoms. The van der Waals surface area contributed by atoms with Gasteiger partial charge in [-0.2, -0.15) is 0 Å². The Balaban J connectivity index is 1.70. The van der Waals surface area contributed by atoms with Gasteiger partial charge in [0, 0.05) is 24.6 Å². The molecule has 2 aliphatic heterocycles. The Hall–Kier alpha value is -4.46. The van der Waals surface area contributed by atoms with E-state index in [2.05, 4.69) is 0 Å². The van der Waals surface area contributed by atoms with E-state index in [4.69, 9.17) is 18.9 Å². The molecule has 0 radical (unpaired) electrons. The van der Waals surface area contributed by atoms with Crippen molar-refractivity contribution < 1.29 is 33.6 Å². The van der Waals surface area contributed by atoms with Crippen molar-refractivity contribution >= 4 is 11.7 Å². The van der Waals surface area contributed by atoms with Crippen molar-refractivity contribution in [3.05, 3.63) is 94.8 Å². The third-order valence-corrected chi connectivity index (χ3v) is 6.83. The molecule has 2 aliphatic rings. The minimum absolute atomic E-state index is 0.0464. The minimum Gasteiger partial charge on any atom is -0.503 e. The molecule has 0 saturated heterocycles. The van der Waals surface area contributed by atoms with E-state index in [1.165, 1.54) is 25.2 Å². The maximum absolute atomic E-state index is 14.5. The Morgan fingerprint density at radius 3 is 2.57 bits per heavy atom. The molecule has 0 saturated carbocycles. The van der Waals surface area contributed by atoms with Gasteiger partial charge in [0.25, 0.3) is 5.91 Å². The number of aliphatic hydroxyl groups excluding tert-OH is 1. The predicted octanol–water partition coefficient (Wildman–Crippen LogP) is 4.21. The SMILES string of the molecule is COc1cccc(CN2C(=O)C(O)=CC2(C(=O)c2ccc3c(c2)CCO3)c2ccc(OC)c(OC)c2)c1. The summed E-state index contributed by atoms with van der Waals surface area (Å²) in [6.07, 6.45) is 2.01. The van der Waals surface area contributed by atoms with Crippen LogP contribution >= 0.6 is 0 Å². The first kappa shape index (κ1) is 24.2. The number of hydrogen-bond acceptors (Lipinski definition) is 7. The summed E-state index contributed by atoms with van der Waals surface area (Å²) in [6, 6.07) is 17.5. The minimum atomic E-state index is -1.64. The van der Waals surface area contributed by atoms with Crippen LogP contribution in [0.1, 0.15) is 27.0 Å². The Morgan fingerprint density at radius 2 is 1.81 bits per heavy atom. The Morgan fingerprint density at radius 1 is 1.00 bits per heavy atom. The lowest BCUT2D eigenvalue weighted by molar-refractivity contribution is -0.131. The van der Waals surface area contributed by atoms with Crippen LogP contribution in [0.4, 0.5) is 0 Å². The normalized spacial score (nSPS) is 18.2. The number of nitrogens with zero attached hydrogens (tertiary/aromatic N) is 1. The largest absolute Gasteiger partial charge is 0.503 e. The summed E-state index contributed by atoms with van der Waals surface area (Å²) < 4.78 is 21.9. The van der Waals surface area contributed by atoms with Crippen LogP contribution in [0.15, 0.2) is 72.5 Å². The Bertz CT molecular complexity index is 1410. The van der Waals surface area contributed by atoms with E-state index in [1.54, 1.807) is 55.6 Å². The number of Topliss-reactive ketones (excluding diaryl/α,β-unsaturated/α-hetero) is 1. The maximum Gasteiger partial charge on any atom is 0.290 e. The number of benzene rings is 3. The van der Waals surface area contributed by atoms with E-state index < -0.39 is 17.2 Å². The molecule has 0 aliphatic carbocycles. The zero-order valence-corrected chi connectivity index (χ0v) is 20.8. The molecule has 5 rings (SSSR count). The van der Waals surface area contributed by atoms with Crippen molar-refractivity contribution in [3.8, 4) is 23.0 Å². The number of carbonyl (C=O) groups is 2. The van der Waals surface area contributed by atoms with Gasteiger partial charge < -0.3 is 29.0 Å². The molecule has 8 nitrogen and oxygen atoms in total. The fourth-order valence-electron chi connectivity index (χ4n) is 4.97. The summed E-state index contributed by atoms with van der Waals surface area (Å²) in [5.74, 6) is 0.693. The van der Waals surface area contributed by atoms with Crippen molar-refractivity contribution in [1.82, 2.24) is 4.90 Å². The van der Waals surface area contributed by atoms with Gasteiger partial charge in [-0.25, -0.2) is 0 Å². The van der Waals surface area contributed by atoms with Gasteiger partial charge >= 0.3 is 0 Å². The monoisotopic (exact) mass is 501 g/mol. The zero-order valence-electron chi connectivity index (χ0n) is 20.8. The van der Waals surface area contributed by atoms with Crippen LogP contribution in [-0.2, 0) is 23.3 Å². The molecular formula is C29H27NO7. The fraction of sp³-hybridized carbons (Fsp3) is 0.241. The lowest BCUT2D eigenvalue weighted by Crippen LogP contribution is -2.49. The average molecular weight is 502 g/mol. The summed E-state index contributed by atoms with van der Waals surface area (Å²) in [7, 11) is 4.57. The lowest BCUT2D eigenvalue weighted by Gasteiger charge is -2.37. The van der Waals surface area contributed by atoms with E-state index in [1.807, 2.05) is 12.1 Å². The van der Waals surface area contributed by atoms with E-state index in [9.17, 15) is 14.7 Å². The molecule has 1 N–H and O–H groups in total. The highest BCUT2D eigenvalue weighted by Gasteiger charge is 2.53. The van der Waals surface area contributed by atoms with Gasteiger partial charge in [0.1, 0.15) is 11.5 Å². The van der Waals surface area contributed by atoms with Gasteiger partial charge in [0.2, 0.25) is 0 Å². The van der Waals surface area contributed by atoms with Crippen molar-refractivity contribution in [2.75, 3.05) is 27.9 Å². The van der Waals surface area contributed by atoms with E-state index in [-0.39, 0.29) is 12.3 Å². The van der Waals surface area contributed by atoms with Crippen molar-refractivity contribution in [2.45, 2.75) is 18.5 Å². The number of hydrogen-bond donors (Lipinski definition) is 1. The van der Waals surface area contributed by atoms with E-state index >= 15 is 0 Å². The number of methoxy groups -OCH3 is 3. The third kappa shape index (κ3) is 4.04. The molecule has 0 aromatic heterocycles. The maximum atomic E-state index is 14.5. The molecule has 2 heterocycles. The van der Waals surface area contributed by atoms with Crippen LogP contribution in [0.5, 0.6) is 23.0 Å². The molecule has 1 unspecified atom stereocenters. The molecule has 190 valence electrons. The number of amides is 1. The number of fused-ring (bicyclic) bond motifs is 1. The molecular weight excluding hydrogens is 474 g/mol. The highest BCUT2D eigenvalue weighted by Crippen LogP contribution is 2.44. The summed E-state index contributed by atoms with van der Waals surface area (Å²) in [5, 5.41) is 10.7. The van der Waals surface area contributed by atoms with Crippen LogP contribution in [-0.4, -0.2) is 49.6 Å². The first-order chi connectivity index (χ1) is 17.9. The number of rotatable bonds is 8. The Labute approximate surface area is 214 Å². The van der Waals surface area contributed by atoms with E-state index in [0.29, 0.717) is 41.4 Å². The van der Waals surface area contributed by atoms with Crippen LogP contribution in [0.3, 0.4) is 0 Å². The summed E-state index contributed by atoms with van der Waals surface area (Å²) in [4.78, 5) is 29.2. The van der Waals surface area contributed by atoms with Crippen LogP contribution in [0, 0.1) is 0 Å². The summed E-state index contributed by atoms with van der Waals surface area (Å²) in [6.45, 7) is 0.597. The van der Waals surface area contributed by atoms with Crippen LogP contribution < -0.4 is 18.9 Å². The number of aliphatic hydroxyl groups is 1. The molecule has 0 bridgehead atoms. The topological polar surface area (TPSA) is 94.5 Å². The third-order valence-electron chi connectivity index (χ3n) is 6.83. The van der Waals surface area contributed by atoms with E-state index in [0.717, 1.165) is 16.9 Å². The number of ketones is 1. The molecule has 1 amide bonds. The van der Waals surface area contributed by atoms with Crippen molar-refractivity contribution in [1.29, 1.82) is 0 Å². The van der Waals surface area contributed by atoms with Gasteiger partial charge in [-0.3, -0.25) is 9.59 Å². The smallest absolute Gasteiger partial charge is 0.290 e. The molecule has 3 aromatic rings. The first-order valence-corrected chi connectivity index (χ1v) is 11.8. The first-order valence-electron chi connectivity index (χ1n) is 11.8. The summed E-state index contributed by atoms with van der Waals surface area (Å²) in [5.41, 5.74) is 0.860. The number of ether oxygens (including phenoxy) is 4. The standard InChI is InChI=1S/C29H27NO7/c1-34-22-6-4-5-18(13-22)17-30-28(33)23(31)16-29(30,21-8-10-25(35-2)26(15-21)36-3)27(32)20-7-9-24-19(14-20)11-12-37-24/h4-10,13-16,31H,11-12,17H2,1-3H3. The van der Waals surface area contributed by atoms with Gasteiger partial charge in [0.15, 0.2) is 28.6 Å². The fourth-order valence-corrected chi connectivity index (χ4v) is 4.97. The van der Waals surface area contributed by atoms with Gasteiger partial charge in [-0.1, -0.05) is 18.2 Å². The van der Waals surface area contributed by atoms with Crippen LogP contribution in [0.25, 0.3) is 0 Å². The second-order valence-electron chi connectivity index (χ2n) is 8.86. The van der Waals surface area contributed by atoms with Crippen molar-refractivity contribution in [3.63, 3.8) is 0 Å². The second kappa shape index (κ2) is 9.54. The van der Waals surface area contributed by atoms with Gasteiger partial charge in [-0.15, -0.1) is 0 Å². The summed E-state index contributed by atoms with van der Waals surface area (Å²) >= 11 is 0. The highest BCUT2D eigenvalue weighted by atomic mass is 16.5. The quantitative estimate of drug-likeness (QED) is 0.462. The second-order valence-corrected chi connectivity index (χ2v) is 8.86. The lowest BCUT2D eigenvalue weighted by atomic mass is 9.81. The number of carbonyl (C=O) groups excluding carboxylic acids is 2.